The fraction of sp³-hybridized carbons (Fsp3) is 0.538. The van der Waals surface area contributed by atoms with Crippen molar-refractivity contribution in [2.45, 2.75) is 63.3 Å². The van der Waals surface area contributed by atoms with E-state index in [0.29, 0.717) is 18.5 Å². The number of amides is 1. The highest BCUT2D eigenvalue weighted by atomic mass is 16.5. The zero-order valence-electron chi connectivity index (χ0n) is 18.7. The van der Waals surface area contributed by atoms with Crippen molar-refractivity contribution in [3.05, 3.63) is 59.4 Å². The smallest absolute Gasteiger partial charge is 0.234 e. The fourth-order valence-corrected chi connectivity index (χ4v) is 4.98. The summed E-state index contributed by atoms with van der Waals surface area (Å²) in [5, 5.41) is 3.26. The SMILES string of the molecule is COc1cccc(Cc2cccc([C@H]3CCCN(CC(=O)NC4CCCCC4)C3)n2)c1. The van der Waals surface area contributed by atoms with Gasteiger partial charge in [0.15, 0.2) is 0 Å². The molecule has 1 aromatic carbocycles. The van der Waals surface area contributed by atoms with Crippen LogP contribution < -0.4 is 10.1 Å². The Balaban J connectivity index is 1.34. The van der Waals surface area contributed by atoms with E-state index in [-0.39, 0.29) is 5.91 Å². The first-order chi connectivity index (χ1) is 15.2. The number of nitrogens with one attached hydrogen (secondary N) is 1. The number of hydrogen-bond donors (Lipinski definition) is 1. The van der Waals surface area contributed by atoms with Gasteiger partial charge in [-0.15, -0.1) is 0 Å². The minimum absolute atomic E-state index is 0.187. The lowest BCUT2D eigenvalue weighted by Gasteiger charge is -2.32. The molecule has 166 valence electrons. The maximum absolute atomic E-state index is 12.6. The van der Waals surface area contributed by atoms with Crippen molar-refractivity contribution in [1.82, 2.24) is 15.2 Å². The van der Waals surface area contributed by atoms with Gasteiger partial charge >= 0.3 is 0 Å². The number of carbonyl (C=O) groups excluding carboxylic acids is 1. The predicted molar refractivity (Wildman–Crippen MR) is 123 cm³/mol. The molecule has 1 N–H and O–H groups in total. The first kappa shape index (κ1) is 21.8. The van der Waals surface area contributed by atoms with E-state index < -0.39 is 0 Å². The van der Waals surface area contributed by atoms with Crippen LogP contribution in [0.3, 0.4) is 0 Å². The summed E-state index contributed by atoms with van der Waals surface area (Å²) in [7, 11) is 1.70. The van der Waals surface area contributed by atoms with Gasteiger partial charge in [-0.1, -0.05) is 37.5 Å². The third-order valence-electron chi connectivity index (χ3n) is 6.61. The molecule has 0 spiro atoms. The molecule has 1 saturated carbocycles. The third kappa shape index (κ3) is 6.30. The number of methoxy groups -OCH3 is 1. The number of benzene rings is 1. The minimum Gasteiger partial charge on any atom is -0.497 e. The summed E-state index contributed by atoms with van der Waals surface area (Å²) < 4.78 is 5.34. The Bertz CT molecular complexity index is 863. The van der Waals surface area contributed by atoms with Crippen LogP contribution in [0.25, 0.3) is 0 Å². The molecule has 31 heavy (non-hydrogen) atoms. The van der Waals surface area contributed by atoms with Crippen molar-refractivity contribution in [3.63, 3.8) is 0 Å². The van der Waals surface area contributed by atoms with Gasteiger partial charge in [0.1, 0.15) is 5.75 Å². The van der Waals surface area contributed by atoms with Gasteiger partial charge in [-0.3, -0.25) is 14.7 Å². The molecule has 0 radical (unpaired) electrons. The number of hydrogen-bond acceptors (Lipinski definition) is 4. The first-order valence-electron chi connectivity index (χ1n) is 11.8. The number of rotatable bonds is 7. The first-order valence-corrected chi connectivity index (χ1v) is 11.8. The quantitative estimate of drug-likeness (QED) is 0.724. The van der Waals surface area contributed by atoms with E-state index in [0.717, 1.165) is 62.3 Å². The molecule has 1 atom stereocenters. The lowest BCUT2D eigenvalue weighted by Crippen LogP contribution is -2.45. The second-order valence-corrected chi connectivity index (χ2v) is 9.06. The van der Waals surface area contributed by atoms with Crippen molar-refractivity contribution in [1.29, 1.82) is 0 Å². The number of pyridine rings is 1. The Morgan fingerprint density at radius 2 is 1.94 bits per heavy atom. The van der Waals surface area contributed by atoms with Gasteiger partial charge in [0, 0.05) is 36.3 Å². The molecule has 1 aromatic heterocycles. The fourth-order valence-electron chi connectivity index (χ4n) is 4.98. The van der Waals surface area contributed by atoms with Crippen LogP contribution in [0.5, 0.6) is 5.75 Å². The van der Waals surface area contributed by atoms with Crippen LogP contribution in [0, 0.1) is 0 Å². The van der Waals surface area contributed by atoms with Crippen molar-refractivity contribution >= 4 is 5.91 Å². The zero-order valence-corrected chi connectivity index (χ0v) is 18.7. The average Bonchev–Trinajstić information content (AvgIpc) is 2.80. The van der Waals surface area contributed by atoms with Gasteiger partial charge in [0.05, 0.1) is 13.7 Å². The average molecular weight is 422 g/mol. The van der Waals surface area contributed by atoms with Crippen molar-refractivity contribution < 1.29 is 9.53 Å². The molecule has 5 nitrogen and oxygen atoms in total. The van der Waals surface area contributed by atoms with Crippen LogP contribution in [0.15, 0.2) is 42.5 Å². The monoisotopic (exact) mass is 421 g/mol. The number of carbonyl (C=O) groups is 1. The Labute approximate surface area is 186 Å². The van der Waals surface area contributed by atoms with Crippen LogP contribution in [-0.2, 0) is 11.2 Å². The summed E-state index contributed by atoms with van der Waals surface area (Å²) in [6.07, 6.45) is 9.12. The molecule has 1 aliphatic carbocycles. The largest absolute Gasteiger partial charge is 0.497 e. The van der Waals surface area contributed by atoms with E-state index in [1.54, 1.807) is 7.11 Å². The Kier molecular flexibility index (Phi) is 7.57. The number of nitrogens with zero attached hydrogens (tertiary/aromatic N) is 2. The van der Waals surface area contributed by atoms with E-state index >= 15 is 0 Å². The van der Waals surface area contributed by atoms with Crippen molar-refractivity contribution in [2.75, 3.05) is 26.7 Å². The molecule has 1 aliphatic heterocycles. The lowest BCUT2D eigenvalue weighted by atomic mass is 9.93. The summed E-state index contributed by atoms with van der Waals surface area (Å²) in [6.45, 7) is 2.42. The number of aromatic nitrogens is 1. The second-order valence-electron chi connectivity index (χ2n) is 9.06. The molecule has 1 saturated heterocycles. The van der Waals surface area contributed by atoms with Gasteiger partial charge in [0.2, 0.25) is 5.91 Å². The van der Waals surface area contributed by atoms with Gasteiger partial charge in [-0.25, -0.2) is 0 Å². The van der Waals surface area contributed by atoms with Crippen LogP contribution in [0.4, 0.5) is 0 Å². The summed E-state index contributed by atoms with van der Waals surface area (Å²) in [5.74, 6) is 1.46. The second kappa shape index (κ2) is 10.8. The Morgan fingerprint density at radius 3 is 2.77 bits per heavy atom. The summed E-state index contributed by atoms with van der Waals surface area (Å²) in [4.78, 5) is 19.8. The van der Waals surface area contributed by atoms with Gasteiger partial charge in [-0.2, -0.15) is 0 Å². The Morgan fingerprint density at radius 1 is 1.10 bits per heavy atom. The van der Waals surface area contributed by atoms with E-state index in [9.17, 15) is 4.79 Å². The normalized spacial score (nSPS) is 20.4. The van der Waals surface area contributed by atoms with Crippen molar-refractivity contribution in [2.24, 2.45) is 0 Å². The minimum atomic E-state index is 0.187. The molecule has 2 fully saturated rings. The van der Waals surface area contributed by atoms with Gasteiger partial charge < -0.3 is 10.1 Å². The number of likely N-dealkylation sites (tertiary alicyclic amines) is 1. The van der Waals surface area contributed by atoms with Gasteiger partial charge in [-0.05, 0) is 62.1 Å². The highest BCUT2D eigenvalue weighted by Crippen LogP contribution is 2.26. The van der Waals surface area contributed by atoms with Crippen molar-refractivity contribution in [3.8, 4) is 5.75 Å². The molecular weight excluding hydrogens is 386 g/mol. The summed E-state index contributed by atoms with van der Waals surface area (Å²) in [5.41, 5.74) is 3.43. The predicted octanol–water partition coefficient (Wildman–Crippen LogP) is 4.31. The summed E-state index contributed by atoms with van der Waals surface area (Å²) >= 11 is 0. The molecule has 2 heterocycles. The van der Waals surface area contributed by atoms with Crippen LogP contribution in [0.2, 0.25) is 0 Å². The molecule has 0 unspecified atom stereocenters. The highest BCUT2D eigenvalue weighted by molar-refractivity contribution is 5.78. The van der Waals surface area contributed by atoms with E-state index in [4.69, 9.17) is 9.72 Å². The van der Waals surface area contributed by atoms with Crippen LogP contribution >= 0.6 is 0 Å². The Hall–Kier alpha value is -2.40. The van der Waals surface area contributed by atoms with Crippen LogP contribution in [-0.4, -0.2) is 48.6 Å². The number of piperidine rings is 1. The summed E-state index contributed by atoms with van der Waals surface area (Å²) in [6, 6.07) is 14.9. The maximum Gasteiger partial charge on any atom is 0.234 e. The molecule has 2 aromatic rings. The molecule has 2 aliphatic rings. The molecule has 5 heteroatoms. The van der Waals surface area contributed by atoms with Crippen LogP contribution in [0.1, 0.15) is 67.8 Å². The molecule has 4 rings (SSSR count). The lowest BCUT2D eigenvalue weighted by molar-refractivity contribution is -0.123. The molecule has 0 bridgehead atoms. The van der Waals surface area contributed by atoms with Gasteiger partial charge in [0.25, 0.3) is 0 Å². The zero-order chi connectivity index (χ0) is 21.5. The standard InChI is InChI=1S/C26H35N3O2/c1-31-24-13-5-8-20(17-24)16-23-12-6-14-25(27-23)21-9-7-15-29(18-21)19-26(30)28-22-10-3-2-4-11-22/h5-6,8,12-14,17,21-22H,2-4,7,9-11,15-16,18-19H2,1H3,(H,28,30)/t21-/m0/s1. The topological polar surface area (TPSA) is 54.5 Å². The number of ether oxygens (including phenoxy) is 1. The molecular formula is C26H35N3O2. The maximum atomic E-state index is 12.6. The molecule has 1 amide bonds. The van der Waals surface area contributed by atoms with E-state index in [1.807, 2.05) is 12.1 Å². The van der Waals surface area contributed by atoms with E-state index in [2.05, 4.69) is 40.5 Å². The highest BCUT2D eigenvalue weighted by Gasteiger charge is 2.25. The third-order valence-corrected chi connectivity index (χ3v) is 6.61. The van der Waals surface area contributed by atoms with E-state index in [1.165, 1.54) is 24.8 Å².